The van der Waals surface area contributed by atoms with E-state index in [0.29, 0.717) is 0 Å². The molecule has 4 nitrogen and oxygen atoms in total. The van der Waals surface area contributed by atoms with E-state index < -0.39 is 0 Å². The Balaban J connectivity index is 1.97. The van der Waals surface area contributed by atoms with Gasteiger partial charge in [0.1, 0.15) is 5.01 Å². The van der Waals surface area contributed by atoms with Gasteiger partial charge in [-0.2, -0.15) is 0 Å². The number of aromatic nitrogens is 1. The van der Waals surface area contributed by atoms with Gasteiger partial charge in [-0.05, 0) is 13.8 Å². The first kappa shape index (κ1) is 12.0. The van der Waals surface area contributed by atoms with Crippen molar-refractivity contribution < 1.29 is 4.74 Å². The number of ether oxygens (including phenoxy) is 1. The molecule has 16 heavy (non-hydrogen) atoms. The highest BCUT2D eigenvalue weighted by Crippen LogP contribution is 2.24. The van der Waals surface area contributed by atoms with Gasteiger partial charge in [0.15, 0.2) is 0 Å². The van der Waals surface area contributed by atoms with Crippen molar-refractivity contribution in [1.82, 2.24) is 9.88 Å². The normalized spacial score (nSPS) is 18.9. The molecule has 0 radical (unpaired) electrons. The molecule has 2 rings (SSSR count). The van der Waals surface area contributed by atoms with Gasteiger partial charge in [0, 0.05) is 29.7 Å². The van der Waals surface area contributed by atoms with Crippen LogP contribution in [-0.2, 0) is 16.8 Å². The van der Waals surface area contributed by atoms with Gasteiger partial charge in [0.25, 0.3) is 0 Å². The van der Waals surface area contributed by atoms with Crippen LogP contribution in [0.1, 0.15) is 23.7 Å². The summed E-state index contributed by atoms with van der Waals surface area (Å²) in [7, 11) is 0. The number of nitrogens with two attached hydrogens (primary N) is 1. The lowest BCUT2D eigenvalue weighted by Gasteiger charge is -2.25. The number of hydrogen-bond acceptors (Lipinski definition) is 5. The van der Waals surface area contributed by atoms with Crippen molar-refractivity contribution >= 4 is 11.3 Å². The zero-order valence-corrected chi connectivity index (χ0v) is 10.7. The Labute approximate surface area is 100 Å². The minimum atomic E-state index is -0.277. The lowest BCUT2D eigenvalue weighted by molar-refractivity contribution is 0.0341. The van der Waals surface area contributed by atoms with Crippen LogP contribution >= 0.6 is 11.3 Å². The maximum atomic E-state index is 6.04. The third-order valence-corrected chi connectivity index (χ3v) is 3.97. The van der Waals surface area contributed by atoms with Crippen LogP contribution in [0.25, 0.3) is 0 Å². The van der Waals surface area contributed by atoms with Crippen molar-refractivity contribution in [3.8, 4) is 0 Å². The summed E-state index contributed by atoms with van der Waals surface area (Å²) in [5.41, 5.74) is 5.76. The highest BCUT2D eigenvalue weighted by Gasteiger charge is 2.19. The van der Waals surface area contributed by atoms with E-state index in [2.05, 4.69) is 9.88 Å². The van der Waals surface area contributed by atoms with Gasteiger partial charge in [-0.1, -0.05) is 0 Å². The quantitative estimate of drug-likeness (QED) is 0.863. The van der Waals surface area contributed by atoms with Gasteiger partial charge in [-0.25, -0.2) is 4.98 Å². The fourth-order valence-electron chi connectivity index (χ4n) is 1.63. The van der Waals surface area contributed by atoms with Crippen molar-refractivity contribution in [2.24, 2.45) is 5.73 Å². The lowest BCUT2D eigenvalue weighted by atomic mass is 10.1. The number of nitrogens with zero attached hydrogens (tertiary/aromatic N) is 2. The zero-order chi connectivity index (χ0) is 11.6. The van der Waals surface area contributed by atoms with Crippen LogP contribution in [0, 0.1) is 0 Å². The molecular formula is C11H19N3OS. The number of hydrogen-bond donors (Lipinski definition) is 1. The van der Waals surface area contributed by atoms with Crippen molar-refractivity contribution in [2.45, 2.75) is 25.9 Å². The van der Waals surface area contributed by atoms with E-state index in [1.807, 2.05) is 20.0 Å². The highest BCUT2D eigenvalue weighted by atomic mass is 32.1. The van der Waals surface area contributed by atoms with E-state index >= 15 is 0 Å². The predicted molar refractivity (Wildman–Crippen MR) is 65.4 cm³/mol. The minimum Gasteiger partial charge on any atom is -0.379 e. The van der Waals surface area contributed by atoms with Crippen molar-refractivity contribution in [1.29, 1.82) is 0 Å². The van der Waals surface area contributed by atoms with E-state index in [4.69, 9.17) is 10.5 Å². The average Bonchev–Trinajstić information content (AvgIpc) is 2.67. The summed E-state index contributed by atoms with van der Waals surface area (Å²) in [6.07, 6.45) is 1.90. The third kappa shape index (κ3) is 3.01. The molecule has 0 aromatic carbocycles. The molecule has 1 saturated heterocycles. The summed E-state index contributed by atoms with van der Waals surface area (Å²) in [6.45, 7) is 8.62. The van der Waals surface area contributed by atoms with Gasteiger partial charge in [0.2, 0.25) is 0 Å². The second-order valence-corrected chi connectivity index (χ2v) is 5.84. The molecule has 1 fully saturated rings. The minimum absolute atomic E-state index is 0.277. The van der Waals surface area contributed by atoms with E-state index in [-0.39, 0.29) is 5.54 Å². The Morgan fingerprint density at radius 1 is 1.50 bits per heavy atom. The van der Waals surface area contributed by atoms with Crippen LogP contribution < -0.4 is 5.73 Å². The van der Waals surface area contributed by atoms with Gasteiger partial charge >= 0.3 is 0 Å². The van der Waals surface area contributed by atoms with E-state index in [1.54, 1.807) is 11.3 Å². The largest absolute Gasteiger partial charge is 0.379 e. The van der Waals surface area contributed by atoms with Crippen molar-refractivity contribution in [2.75, 3.05) is 26.3 Å². The van der Waals surface area contributed by atoms with Crippen LogP contribution in [0.2, 0.25) is 0 Å². The number of rotatable bonds is 3. The molecule has 0 atom stereocenters. The summed E-state index contributed by atoms with van der Waals surface area (Å²) >= 11 is 1.71. The SMILES string of the molecule is CC(C)(N)c1cnc(CN2CCOCC2)s1. The molecular weight excluding hydrogens is 222 g/mol. The number of morpholine rings is 1. The second-order valence-electron chi connectivity index (χ2n) is 4.73. The molecule has 90 valence electrons. The smallest absolute Gasteiger partial charge is 0.107 e. The van der Waals surface area contributed by atoms with E-state index in [0.717, 1.165) is 42.7 Å². The van der Waals surface area contributed by atoms with Gasteiger partial charge in [-0.15, -0.1) is 11.3 Å². The fourth-order valence-corrected chi connectivity index (χ4v) is 2.61. The lowest BCUT2D eigenvalue weighted by Crippen LogP contribution is -2.35. The summed E-state index contributed by atoms with van der Waals surface area (Å²) in [6, 6.07) is 0. The predicted octanol–water partition coefficient (Wildman–Crippen LogP) is 1.17. The first-order chi connectivity index (χ1) is 7.55. The molecule has 0 bridgehead atoms. The topological polar surface area (TPSA) is 51.4 Å². The van der Waals surface area contributed by atoms with Crippen LogP contribution in [0.4, 0.5) is 0 Å². The first-order valence-corrected chi connectivity index (χ1v) is 6.41. The third-order valence-electron chi connectivity index (χ3n) is 2.65. The molecule has 2 N–H and O–H groups in total. The summed E-state index contributed by atoms with van der Waals surface area (Å²) < 4.78 is 5.32. The molecule has 0 amide bonds. The zero-order valence-electron chi connectivity index (χ0n) is 9.90. The molecule has 0 spiro atoms. The Kier molecular flexibility index (Phi) is 3.59. The number of thiazole rings is 1. The molecule has 5 heteroatoms. The Morgan fingerprint density at radius 3 is 2.75 bits per heavy atom. The van der Waals surface area contributed by atoms with Gasteiger partial charge in [-0.3, -0.25) is 4.90 Å². The maximum absolute atomic E-state index is 6.04. The molecule has 2 heterocycles. The Morgan fingerprint density at radius 2 is 2.19 bits per heavy atom. The molecule has 0 unspecified atom stereocenters. The van der Waals surface area contributed by atoms with E-state index in [1.165, 1.54) is 0 Å². The summed E-state index contributed by atoms with van der Waals surface area (Å²) in [4.78, 5) is 7.95. The standard InChI is InChI=1S/C11H19N3OS/c1-11(2,12)9-7-13-10(16-9)8-14-3-5-15-6-4-14/h7H,3-6,8,12H2,1-2H3. The Hall–Kier alpha value is -0.490. The Bertz CT molecular complexity index is 339. The molecule has 1 aliphatic heterocycles. The van der Waals surface area contributed by atoms with Crippen LogP contribution in [0.3, 0.4) is 0 Å². The average molecular weight is 241 g/mol. The first-order valence-electron chi connectivity index (χ1n) is 5.60. The summed E-state index contributed by atoms with van der Waals surface area (Å²) in [5.74, 6) is 0. The van der Waals surface area contributed by atoms with Crippen molar-refractivity contribution in [3.05, 3.63) is 16.1 Å². The van der Waals surface area contributed by atoms with Crippen LogP contribution in [0.15, 0.2) is 6.20 Å². The van der Waals surface area contributed by atoms with E-state index in [9.17, 15) is 0 Å². The molecule has 0 aliphatic carbocycles. The van der Waals surface area contributed by atoms with Gasteiger partial charge < -0.3 is 10.5 Å². The molecule has 1 aliphatic rings. The van der Waals surface area contributed by atoms with Gasteiger partial charge in [0.05, 0.1) is 19.8 Å². The summed E-state index contributed by atoms with van der Waals surface area (Å²) in [5, 5.41) is 1.15. The molecule has 0 saturated carbocycles. The molecule has 1 aromatic rings. The fraction of sp³-hybridized carbons (Fsp3) is 0.727. The van der Waals surface area contributed by atoms with Crippen molar-refractivity contribution in [3.63, 3.8) is 0 Å². The van der Waals surface area contributed by atoms with Crippen LogP contribution in [-0.4, -0.2) is 36.2 Å². The monoisotopic (exact) mass is 241 g/mol. The maximum Gasteiger partial charge on any atom is 0.107 e. The highest BCUT2D eigenvalue weighted by molar-refractivity contribution is 7.11. The second kappa shape index (κ2) is 4.79. The van der Waals surface area contributed by atoms with Crippen LogP contribution in [0.5, 0.6) is 0 Å². The molecule has 1 aromatic heterocycles.